The molecule has 184 valence electrons. The molecular weight excluding hydrogens is 436 g/mol. The first kappa shape index (κ1) is 24.2. The number of aliphatic hydroxyl groups excluding tert-OH is 1. The average molecular weight is 471 g/mol. The first-order valence-corrected chi connectivity index (χ1v) is 11.6. The number of carbonyl (C=O) groups is 1. The summed E-state index contributed by atoms with van der Waals surface area (Å²) in [7, 11) is 1.56. The van der Waals surface area contributed by atoms with Crippen LogP contribution in [0.4, 0.5) is 10.6 Å². The molecule has 2 N–H and O–H groups in total. The van der Waals surface area contributed by atoms with Gasteiger partial charge < -0.3 is 29.5 Å². The van der Waals surface area contributed by atoms with Gasteiger partial charge in [0.05, 0.1) is 45.2 Å². The predicted octanol–water partition coefficient (Wildman–Crippen LogP) is 3.49. The van der Waals surface area contributed by atoms with Gasteiger partial charge in [0.15, 0.2) is 5.82 Å². The number of aromatic nitrogens is 2. The molecule has 1 aromatic carbocycles. The van der Waals surface area contributed by atoms with Crippen molar-refractivity contribution in [3.63, 3.8) is 0 Å². The van der Waals surface area contributed by atoms with Crippen molar-refractivity contribution in [2.75, 3.05) is 38.3 Å². The molecule has 1 amide bonds. The van der Waals surface area contributed by atoms with Crippen LogP contribution >= 0.6 is 0 Å². The van der Waals surface area contributed by atoms with Gasteiger partial charge in [-0.2, -0.15) is 0 Å². The van der Waals surface area contributed by atoms with E-state index in [0.29, 0.717) is 43.4 Å². The second-order valence-corrected chi connectivity index (χ2v) is 10.1. The van der Waals surface area contributed by atoms with Gasteiger partial charge in [0, 0.05) is 35.7 Å². The quantitative estimate of drug-likeness (QED) is 0.699. The largest absolute Gasteiger partial charge is 0.496 e. The number of benzene rings is 1. The molecule has 0 saturated carbocycles. The van der Waals surface area contributed by atoms with Crippen LogP contribution in [-0.2, 0) is 17.9 Å². The Bertz CT molecular complexity index is 1070. The van der Waals surface area contributed by atoms with Crippen LogP contribution in [0.2, 0.25) is 0 Å². The minimum Gasteiger partial charge on any atom is -0.496 e. The van der Waals surface area contributed by atoms with Gasteiger partial charge in [-0.05, 0) is 30.5 Å². The van der Waals surface area contributed by atoms with Gasteiger partial charge in [0.2, 0.25) is 0 Å². The third-order valence-electron chi connectivity index (χ3n) is 6.76. The lowest BCUT2D eigenvalue weighted by Gasteiger charge is -2.43. The van der Waals surface area contributed by atoms with Crippen molar-refractivity contribution in [3.05, 3.63) is 35.0 Å². The van der Waals surface area contributed by atoms with Crippen molar-refractivity contribution in [2.45, 2.75) is 52.8 Å². The van der Waals surface area contributed by atoms with Crippen LogP contribution in [0.3, 0.4) is 0 Å². The minimum absolute atomic E-state index is 0.0599. The summed E-state index contributed by atoms with van der Waals surface area (Å²) in [5.41, 5.74) is 2.95. The fourth-order valence-corrected chi connectivity index (χ4v) is 4.82. The normalized spacial score (nSPS) is 20.8. The number of morpholine rings is 1. The Hall–Kier alpha value is -2.91. The smallest absolute Gasteiger partial charge is 0.407 e. The number of anilines is 1. The van der Waals surface area contributed by atoms with Crippen LogP contribution in [0.15, 0.2) is 18.2 Å². The molecule has 0 radical (unpaired) electrons. The minimum atomic E-state index is -0.951. The van der Waals surface area contributed by atoms with Crippen LogP contribution in [0.25, 0.3) is 11.4 Å². The van der Waals surface area contributed by atoms with Crippen LogP contribution in [0.5, 0.6) is 5.75 Å². The van der Waals surface area contributed by atoms with Crippen molar-refractivity contribution >= 4 is 11.9 Å². The zero-order valence-electron chi connectivity index (χ0n) is 20.5. The number of carboxylic acid groups (broad SMARTS) is 1. The SMILES string of the molecule is COc1ccc(-c2nc3c(c(N4CCOCC4C)n2)C(C(C)(C)C)CN(C(=O)O)C3)cc1CO. The highest BCUT2D eigenvalue weighted by Crippen LogP contribution is 2.45. The molecule has 0 spiro atoms. The third-order valence-corrected chi connectivity index (χ3v) is 6.76. The van der Waals surface area contributed by atoms with E-state index in [1.165, 1.54) is 4.90 Å². The molecule has 0 aliphatic carbocycles. The zero-order chi connectivity index (χ0) is 24.6. The molecule has 1 saturated heterocycles. The van der Waals surface area contributed by atoms with Crippen LogP contribution in [0.1, 0.15) is 50.4 Å². The Morgan fingerprint density at radius 3 is 2.68 bits per heavy atom. The molecule has 9 nitrogen and oxygen atoms in total. The maximum absolute atomic E-state index is 12.0. The molecule has 2 aliphatic rings. The molecule has 2 aliphatic heterocycles. The maximum atomic E-state index is 12.0. The Labute approximate surface area is 200 Å². The van der Waals surface area contributed by atoms with Crippen molar-refractivity contribution in [1.29, 1.82) is 0 Å². The van der Waals surface area contributed by atoms with Gasteiger partial charge in [0.25, 0.3) is 0 Å². The third kappa shape index (κ3) is 4.54. The second-order valence-electron chi connectivity index (χ2n) is 10.1. The van der Waals surface area contributed by atoms with Crippen molar-refractivity contribution in [3.8, 4) is 17.1 Å². The van der Waals surface area contributed by atoms with Gasteiger partial charge >= 0.3 is 6.09 Å². The topological polar surface area (TPSA) is 108 Å². The second kappa shape index (κ2) is 9.38. The highest BCUT2D eigenvalue weighted by molar-refractivity contribution is 5.68. The number of hydrogen-bond acceptors (Lipinski definition) is 7. The molecule has 2 aromatic rings. The Morgan fingerprint density at radius 1 is 1.29 bits per heavy atom. The number of ether oxygens (including phenoxy) is 2. The van der Waals surface area contributed by atoms with E-state index >= 15 is 0 Å². The standard InChI is InChI=1S/C25H34N4O5/c1-15-14-34-9-8-29(15)23-21-18(25(2,3)4)11-28(24(31)32)12-19(21)26-22(27-23)16-6-7-20(33-5)17(10-16)13-30/h6-7,10,15,18,30H,8-9,11-14H2,1-5H3,(H,31,32). The summed E-state index contributed by atoms with van der Waals surface area (Å²) >= 11 is 0. The number of aliphatic hydroxyl groups is 1. The monoisotopic (exact) mass is 470 g/mol. The zero-order valence-corrected chi connectivity index (χ0v) is 20.5. The van der Waals surface area contributed by atoms with Crippen LogP contribution < -0.4 is 9.64 Å². The van der Waals surface area contributed by atoms with Gasteiger partial charge in [-0.25, -0.2) is 14.8 Å². The summed E-state index contributed by atoms with van der Waals surface area (Å²) in [5, 5.41) is 19.6. The van der Waals surface area contributed by atoms with Gasteiger partial charge in [0.1, 0.15) is 11.6 Å². The number of hydrogen-bond donors (Lipinski definition) is 2. The van der Waals surface area contributed by atoms with E-state index in [4.69, 9.17) is 19.4 Å². The fourth-order valence-electron chi connectivity index (χ4n) is 4.82. The molecule has 1 aromatic heterocycles. The first-order valence-electron chi connectivity index (χ1n) is 11.6. The number of methoxy groups -OCH3 is 1. The molecule has 0 bridgehead atoms. The van der Waals surface area contributed by atoms with Gasteiger partial charge in [-0.1, -0.05) is 20.8 Å². The summed E-state index contributed by atoms with van der Waals surface area (Å²) in [6, 6.07) is 5.61. The molecule has 4 rings (SSSR count). The van der Waals surface area contributed by atoms with E-state index in [-0.39, 0.29) is 30.5 Å². The van der Waals surface area contributed by atoms with E-state index in [9.17, 15) is 15.0 Å². The average Bonchev–Trinajstić information content (AvgIpc) is 2.81. The van der Waals surface area contributed by atoms with Gasteiger partial charge in [-0.15, -0.1) is 0 Å². The number of nitrogens with zero attached hydrogens (tertiary/aromatic N) is 4. The van der Waals surface area contributed by atoms with Crippen molar-refractivity contribution < 1.29 is 24.5 Å². The Kier molecular flexibility index (Phi) is 6.69. The molecule has 2 atom stereocenters. The molecule has 9 heteroatoms. The number of rotatable bonds is 4. The van der Waals surface area contributed by atoms with E-state index in [0.717, 1.165) is 22.6 Å². The fraction of sp³-hybridized carbons (Fsp3) is 0.560. The molecule has 2 unspecified atom stereocenters. The highest BCUT2D eigenvalue weighted by Gasteiger charge is 2.40. The van der Waals surface area contributed by atoms with E-state index < -0.39 is 6.09 Å². The number of fused-ring (bicyclic) bond motifs is 1. The summed E-state index contributed by atoms with van der Waals surface area (Å²) in [5.74, 6) is 1.89. The van der Waals surface area contributed by atoms with E-state index in [2.05, 4.69) is 32.6 Å². The molecule has 34 heavy (non-hydrogen) atoms. The van der Waals surface area contributed by atoms with Crippen LogP contribution in [-0.4, -0.2) is 70.6 Å². The lowest BCUT2D eigenvalue weighted by atomic mass is 9.74. The van der Waals surface area contributed by atoms with Crippen LogP contribution in [0, 0.1) is 5.41 Å². The van der Waals surface area contributed by atoms with E-state index in [1.807, 2.05) is 12.1 Å². The van der Waals surface area contributed by atoms with Crippen molar-refractivity contribution in [2.24, 2.45) is 5.41 Å². The van der Waals surface area contributed by atoms with Crippen molar-refractivity contribution in [1.82, 2.24) is 14.9 Å². The number of amides is 1. The molecule has 1 fully saturated rings. The molecule has 3 heterocycles. The van der Waals surface area contributed by atoms with E-state index in [1.54, 1.807) is 13.2 Å². The lowest BCUT2D eigenvalue weighted by Crippen LogP contribution is -2.47. The molecular formula is C25H34N4O5. The summed E-state index contributed by atoms with van der Waals surface area (Å²) in [6.07, 6.45) is -0.951. The lowest BCUT2D eigenvalue weighted by molar-refractivity contribution is 0.0976. The summed E-state index contributed by atoms with van der Waals surface area (Å²) < 4.78 is 11.0. The maximum Gasteiger partial charge on any atom is 0.407 e. The summed E-state index contributed by atoms with van der Waals surface area (Å²) in [4.78, 5) is 25.7. The summed E-state index contributed by atoms with van der Waals surface area (Å²) in [6.45, 7) is 10.9. The highest BCUT2D eigenvalue weighted by atomic mass is 16.5. The first-order chi connectivity index (χ1) is 16.1. The Balaban J connectivity index is 1.94. The van der Waals surface area contributed by atoms with Gasteiger partial charge in [-0.3, -0.25) is 0 Å². The Morgan fingerprint density at radius 2 is 2.06 bits per heavy atom. The predicted molar refractivity (Wildman–Crippen MR) is 128 cm³/mol.